The third kappa shape index (κ3) is 5.82. The lowest BCUT2D eigenvalue weighted by Gasteiger charge is -2.38. The van der Waals surface area contributed by atoms with E-state index in [9.17, 15) is 26.3 Å². The van der Waals surface area contributed by atoms with E-state index in [1.54, 1.807) is 0 Å². The summed E-state index contributed by atoms with van der Waals surface area (Å²) in [6.07, 6.45) is 5.60. The highest BCUT2D eigenvalue weighted by Crippen LogP contribution is 2.45. The van der Waals surface area contributed by atoms with Crippen molar-refractivity contribution in [1.29, 1.82) is 0 Å². The first-order valence-electron chi connectivity index (χ1n) is 11.1. The van der Waals surface area contributed by atoms with Crippen LogP contribution >= 0.6 is 0 Å². The Bertz CT molecular complexity index is 712. The van der Waals surface area contributed by atoms with Crippen LogP contribution in [0, 0.1) is 29.4 Å². The molecule has 0 amide bonds. The minimum Gasteiger partial charge on any atom is -0.206 e. The van der Waals surface area contributed by atoms with Gasteiger partial charge in [-0.15, -0.1) is 0 Å². The maximum absolute atomic E-state index is 14.3. The first kappa shape index (κ1) is 23.2. The highest BCUT2D eigenvalue weighted by molar-refractivity contribution is 5.61. The van der Waals surface area contributed by atoms with Gasteiger partial charge < -0.3 is 0 Å². The monoisotopic (exact) mass is 432 g/mol. The van der Waals surface area contributed by atoms with Gasteiger partial charge in [0, 0.05) is 0 Å². The molecule has 0 bridgehead atoms. The maximum Gasteiger partial charge on any atom is 0.412 e. The van der Waals surface area contributed by atoms with Crippen molar-refractivity contribution in [2.75, 3.05) is 0 Å². The second-order valence-electron chi connectivity index (χ2n) is 9.07. The van der Waals surface area contributed by atoms with Crippen LogP contribution in [0.5, 0.6) is 0 Å². The Morgan fingerprint density at radius 1 is 0.900 bits per heavy atom. The van der Waals surface area contributed by atoms with Crippen LogP contribution in [0.4, 0.5) is 26.3 Å². The number of rotatable bonds is 5. The first-order chi connectivity index (χ1) is 14.2. The fourth-order valence-electron chi connectivity index (χ4n) is 5.55. The summed E-state index contributed by atoms with van der Waals surface area (Å²) in [6, 6.07) is 2.01. The van der Waals surface area contributed by atoms with E-state index >= 15 is 0 Å². The van der Waals surface area contributed by atoms with Crippen LogP contribution in [-0.4, -0.2) is 6.18 Å². The van der Waals surface area contributed by atoms with Crippen molar-refractivity contribution in [3.63, 3.8) is 0 Å². The van der Waals surface area contributed by atoms with Gasteiger partial charge in [-0.3, -0.25) is 0 Å². The van der Waals surface area contributed by atoms with Gasteiger partial charge in [0.2, 0.25) is 0 Å². The number of hydrogen-bond donors (Lipinski definition) is 0. The molecule has 1 aromatic rings. The predicted octanol–water partition coefficient (Wildman–Crippen LogP) is 8.72. The van der Waals surface area contributed by atoms with E-state index in [-0.39, 0.29) is 5.92 Å². The van der Waals surface area contributed by atoms with Gasteiger partial charge in [-0.05, 0) is 79.9 Å². The topological polar surface area (TPSA) is 0 Å². The highest BCUT2D eigenvalue weighted by atomic mass is 19.4. The summed E-state index contributed by atoms with van der Waals surface area (Å²) in [6.45, 7) is 2.23. The Morgan fingerprint density at radius 2 is 1.40 bits per heavy atom. The smallest absolute Gasteiger partial charge is 0.206 e. The lowest BCUT2D eigenvalue weighted by Crippen LogP contribution is -2.25. The summed E-state index contributed by atoms with van der Waals surface area (Å²) in [5.74, 6) is -2.30. The quantitative estimate of drug-likeness (QED) is 0.408. The van der Waals surface area contributed by atoms with Crippen molar-refractivity contribution in [3.8, 4) is 0 Å². The normalized spacial score (nSPS) is 28.6. The summed E-state index contributed by atoms with van der Waals surface area (Å²) in [5, 5.41) is 0. The number of hydrogen-bond acceptors (Lipinski definition) is 0. The molecule has 2 fully saturated rings. The molecule has 30 heavy (non-hydrogen) atoms. The largest absolute Gasteiger partial charge is 0.412 e. The molecule has 0 atom stereocenters. The summed E-state index contributed by atoms with van der Waals surface area (Å²) in [5.41, 5.74) is -0.827. The zero-order valence-corrected chi connectivity index (χ0v) is 17.4. The summed E-state index contributed by atoms with van der Waals surface area (Å²) in [4.78, 5) is 0. The fourth-order valence-corrected chi connectivity index (χ4v) is 5.55. The molecule has 6 heteroatoms. The van der Waals surface area contributed by atoms with Crippen molar-refractivity contribution in [1.82, 2.24) is 0 Å². The molecule has 2 aliphatic rings. The Hall–Kier alpha value is -1.46. The van der Waals surface area contributed by atoms with Gasteiger partial charge in [0.25, 0.3) is 0 Å². The Balaban J connectivity index is 1.62. The van der Waals surface area contributed by atoms with Crippen LogP contribution in [0.3, 0.4) is 0 Å². The molecule has 0 N–H and O–H groups in total. The van der Waals surface area contributed by atoms with E-state index in [0.29, 0.717) is 11.5 Å². The minimum atomic E-state index is -4.98. The Labute approximate surface area is 174 Å². The SMILES string of the molecule is CCCC1CCC(C2CCC(c3cc(F)c(C(F)=CC(F)(F)F)c(F)c3)CC2)CC1. The predicted molar refractivity (Wildman–Crippen MR) is 107 cm³/mol. The van der Waals surface area contributed by atoms with Gasteiger partial charge in [0.1, 0.15) is 17.5 Å². The van der Waals surface area contributed by atoms with Crippen LogP contribution in [0.2, 0.25) is 0 Å². The van der Waals surface area contributed by atoms with Gasteiger partial charge in [0.15, 0.2) is 0 Å². The number of halogens is 6. The molecule has 2 aliphatic carbocycles. The third-order valence-corrected chi connectivity index (χ3v) is 7.09. The number of alkyl halides is 3. The Morgan fingerprint density at radius 3 is 1.87 bits per heavy atom. The molecule has 3 rings (SSSR count). The summed E-state index contributed by atoms with van der Waals surface area (Å²) >= 11 is 0. The molecule has 0 saturated heterocycles. The maximum atomic E-state index is 14.3. The second-order valence-corrected chi connectivity index (χ2v) is 9.07. The molecule has 0 unspecified atom stereocenters. The zero-order valence-electron chi connectivity index (χ0n) is 17.4. The highest BCUT2D eigenvalue weighted by Gasteiger charge is 2.32. The van der Waals surface area contributed by atoms with E-state index < -0.39 is 35.3 Å². The van der Waals surface area contributed by atoms with Gasteiger partial charge in [-0.25, -0.2) is 13.2 Å². The molecule has 1 aromatic carbocycles. The molecular weight excluding hydrogens is 402 g/mol. The van der Waals surface area contributed by atoms with E-state index in [1.807, 2.05) is 0 Å². The molecule has 0 nitrogen and oxygen atoms in total. The van der Waals surface area contributed by atoms with Crippen molar-refractivity contribution in [2.24, 2.45) is 17.8 Å². The van der Waals surface area contributed by atoms with E-state index in [2.05, 4.69) is 6.92 Å². The number of benzene rings is 1. The lowest BCUT2D eigenvalue weighted by atomic mass is 9.68. The Kier molecular flexibility index (Phi) is 7.56. The molecule has 0 radical (unpaired) electrons. The minimum absolute atomic E-state index is 0.0367. The van der Waals surface area contributed by atoms with Gasteiger partial charge in [0.05, 0.1) is 11.6 Å². The van der Waals surface area contributed by atoms with E-state index in [0.717, 1.165) is 49.7 Å². The van der Waals surface area contributed by atoms with E-state index in [1.165, 1.54) is 38.5 Å². The van der Waals surface area contributed by atoms with Gasteiger partial charge in [-0.1, -0.05) is 32.6 Å². The molecule has 168 valence electrons. The average molecular weight is 432 g/mol. The molecule has 0 spiro atoms. The number of allylic oxidation sites excluding steroid dienone is 1. The van der Waals surface area contributed by atoms with Gasteiger partial charge >= 0.3 is 6.18 Å². The standard InChI is InChI=1S/C24H30F6/c1-2-3-15-4-6-16(7-5-15)17-8-10-18(11-9-17)19-12-20(25)23(21(26)13-19)22(27)14-24(28,29)30/h12-18H,2-11H2,1H3. The molecular formula is C24H30F6. The van der Waals surface area contributed by atoms with E-state index in [4.69, 9.17) is 0 Å². The summed E-state index contributed by atoms with van der Waals surface area (Å²) < 4.78 is 79.2. The molecule has 0 aliphatic heterocycles. The fraction of sp³-hybridized carbons (Fsp3) is 0.667. The molecule has 0 aromatic heterocycles. The average Bonchev–Trinajstić information content (AvgIpc) is 2.67. The van der Waals surface area contributed by atoms with Crippen molar-refractivity contribution in [3.05, 3.63) is 41.0 Å². The second kappa shape index (κ2) is 9.78. The van der Waals surface area contributed by atoms with Crippen LogP contribution < -0.4 is 0 Å². The zero-order chi connectivity index (χ0) is 21.9. The first-order valence-corrected chi connectivity index (χ1v) is 11.1. The summed E-state index contributed by atoms with van der Waals surface area (Å²) in [7, 11) is 0. The van der Waals surface area contributed by atoms with Crippen molar-refractivity contribution < 1.29 is 26.3 Å². The lowest BCUT2D eigenvalue weighted by molar-refractivity contribution is -0.0798. The van der Waals surface area contributed by atoms with Crippen molar-refractivity contribution >= 4 is 5.83 Å². The van der Waals surface area contributed by atoms with Crippen LogP contribution in [0.25, 0.3) is 5.83 Å². The van der Waals surface area contributed by atoms with Gasteiger partial charge in [-0.2, -0.15) is 13.2 Å². The third-order valence-electron chi connectivity index (χ3n) is 7.09. The molecule has 2 saturated carbocycles. The van der Waals surface area contributed by atoms with Crippen molar-refractivity contribution in [2.45, 2.75) is 83.2 Å². The van der Waals surface area contributed by atoms with Crippen LogP contribution in [-0.2, 0) is 0 Å². The van der Waals surface area contributed by atoms with Crippen LogP contribution in [0.15, 0.2) is 18.2 Å². The van der Waals surface area contributed by atoms with Crippen LogP contribution in [0.1, 0.15) is 88.2 Å². The molecule has 0 heterocycles.